The Hall–Kier alpha value is -2.50. The third-order valence-corrected chi connectivity index (χ3v) is 2.56. The van der Waals surface area contributed by atoms with Crippen molar-refractivity contribution in [1.82, 2.24) is 9.78 Å². The number of benzene rings is 1. The van der Waals surface area contributed by atoms with Crippen molar-refractivity contribution in [3.63, 3.8) is 0 Å². The first-order chi connectivity index (χ1) is 8.60. The van der Waals surface area contributed by atoms with E-state index in [0.717, 1.165) is 17.9 Å². The van der Waals surface area contributed by atoms with Crippen molar-refractivity contribution in [2.45, 2.75) is 13.5 Å². The largest absolute Gasteiger partial charge is 0.398 e. The third kappa shape index (κ3) is 2.42. The number of hydrogen-bond donors (Lipinski definition) is 3. The Morgan fingerprint density at radius 2 is 2.22 bits per heavy atom. The summed E-state index contributed by atoms with van der Waals surface area (Å²) >= 11 is 0. The molecule has 1 aromatic heterocycles. The van der Waals surface area contributed by atoms with E-state index in [-0.39, 0.29) is 0 Å². The number of aryl methyl sites for hydroxylation is 1. The molecular formula is C12H15N5O. The number of hydrogen-bond acceptors (Lipinski definition) is 4. The standard InChI is InChI=1S/C12H15N5O/c1-2-17-7-9(6-15-17)16-8-3-4-11(13)10(5-8)12(14)18/h3-7,16H,2,13H2,1H3,(H2,14,18). The van der Waals surface area contributed by atoms with Crippen LogP contribution in [0.2, 0.25) is 0 Å². The monoisotopic (exact) mass is 245 g/mol. The number of nitrogens with one attached hydrogen (secondary N) is 1. The van der Waals surface area contributed by atoms with Crippen LogP contribution in [-0.4, -0.2) is 15.7 Å². The molecule has 0 radical (unpaired) electrons. The fraction of sp³-hybridized carbons (Fsp3) is 0.167. The molecule has 0 saturated carbocycles. The number of primary amides is 1. The van der Waals surface area contributed by atoms with Crippen LogP contribution in [0.1, 0.15) is 17.3 Å². The molecule has 18 heavy (non-hydrogen) atoms. The average molecular weight is 245 g/mol. The van der Waals surface area contributed by atoms with Gasteiger partial charge >= 0.3 is 0 Å². The van der Waals surface area contributed by atoms with Crippen molar-refractivity contribution in [2.24, 2.45) is 5.73 Å². The highest BCUT2D eigenvalue weighted by molar-refractivity contribution is 5.99. The van der Waals surface area contributed by atoms with Crippen molar-refractivity contribution in [3.05, 3.63) is 36.2 Å². The Labute approximate surface area is 105 Å². The van der Waals surface area contributed by atoms with E-state index in [1.807, 2.05) is 13.1 Å². The lowest BCUT2D eigenvalue weighted by molar-refractivity contribution is 0.100. The Bertz CT molecular complexity index is 576. The Morgan fingerprint density at radius 3 is 2.83 bits per heavy atom. The van der Waals surface area contributed by atoms with Crippen LogP contribution < -0.4 is 16.8 Å². The van der Waals surface area contributed by atoms with Crippen LogP contribution in [0.25, 0.3) is 0 Å². The molecule has 0 atom stereocenters. The van der Waals surface area contributed by atoms with Gasteiger partial charge in [0.15, 0.2) is 0 Å². The highest BCUT2D eigenvalue weighted by Crippen LogP contribution is 2.21. The summed E-state index contributed by atoms with van der Waals surface area (Å²) in [5.41, 5.74) is 13.2. The minimum absolute atomic E-state index is 0.308. The predicted molar refractivity (Wildman–Crippen MR) is 70.6 cm³/mol. The number of nitrogen functional groups attached to an aromatic ring is 1. The van der Waals surface area contributed by atoms with E-state index in [0.29, 0.717) is 11.3 Å². The molecule has 2 aromatic rings. The number of anilines is 3. The van der Waals surface area contributed by atoms with Crippen LogP contribution in [0.3, 0.4) is 0 Å². The number of carbonyl (C=O) groups excluding carboxylic acids is 1. The molecule has 0 fully saturated rings. The smallest absolute Gasteiger partial charge is 0.250 e. The van der Waals surface area contributed by atoms with Crippen molar-refractivity contribution < 1.29 is 4.79 Å². The first-order valence-electron chi connectivity index (χ1n) is 5.59. The maximum Gasteiger partial charge on any atom is 0.250 e. The summed E-state index contributed by atoms with van der Waals surface area (Å²) in [6.45, 7) is 2.81. The maximum atomic E-state index is 11.2. The molecule has 0 aliphatic rings. The molecule has 0 aliphatic carbocycles. The van der Waals surface area contributed by atoms with Gasteiger partial charge in [-0.1, -0.05) is 0 Å². The lowest BCUT2D eigenvalue weighted by atomic mass is 10.1. The van der Waals surface area contributed by atoms with Crippen molar-refractivity contribution >= 4 is 23.0 Å². The summed E-state index contributed by atoms with van der Waals surface area (Å²) in [4.78, 5) is 11.2. The highest BCUT2D eigenvalue weighted by Gasteiger charge is 2.07. The Kier molecular flexibility index (Phi) is 3.18. The van der Waals surface area contributed by atoms with Gasteiger partial charge in [-0.2, -0.15) is 5.10 Å². The fourth-order valence-electron chi connectivity index (χ4n) is 1.62. The second-order valence-electron chi connectivity index (χ2n) is 3.88. The van der Waals surface area contributed by atoms with Gasteiger partial charge in [0.1, 0.15) is 0 Å². The highest BCUT2D eigenvalue weighted by atomic mass is 16.1. The Balaban J connectivity index is 2.24. The third-order valence-electron chi connectivity index (χ3n) is 2.56. The molecule has 0 spiro atoms. The topological polar surface area (TPSA) is 99.0 Å². The van der Waals surface area contributed by atoms with Crippen LogP contribution in [0.15, 0.2) is 30.6 Å². The van der Waals surface area contributed by atoms with Gasteiger partial charge in [0.05, 0.1) is 17.4 Å². The number of carbonyl (C=O) groups is 1. The average Bonchev–Trinajstić information content (AvgIpc) is 2.79. The zero-order valence-corrected chi connectivity index (χ0v) is 10.1. The molecule has 0 saturated heterocycles. The molecule has 5 N–H and O–H groups in total. The van der Waals surface area contributed by atoms with Gasteiger partial charge in [-0.25, -0.2) is 0 Å². The Morgan fingerprint density at radius 1 is 1.44 bits per heavy atom. The van der Waals surface area contributed by atoms with E-state index in [2.05, 4.69) is 10.4 Å². The van der Waals surface area contributed by atoms with Gasteiger partial charge < -0.3 is 16.8 Å². The molecular weight excluding hydrogens is 230 g/mol. The summed E-state index contributed by atoms with van der Waals surface area (Å²) in [5.74, 6) is -0.541. The number of amides is 1. The molecule has 0 bridgehead atoms. The lowest BCUT2D eigenvalue weighted by Crippen LogP contribution is -2.13. The van der Waals surface area contributed by atoms with E-state index in [9.17, 15) is 4.79 Å². The van der Waals surface area contributed by atoms with Crippen LogP contribution in [0.5, 0.6) is 0 Å². The summed E-state index contributed by atoms with van der Waals surface area (Å²) in [6, 6.07) is 5.05. The van der Waals surface area contributed by atoms with Gasteiger partial charge in [0.25, 0.3) is 5.91 Å². The van der Waals surface area contributed by atoms with Crippen LogP contribution >= 0.6 is 0 Å². The van der Waals surface area contributed by atoms with Crippen LogP contribution in [-0.2, 0) is 6.54 Å². The quantitative estimate of drug-likeness (QED) is 0.707. The number of aromatic nitrogens is 2. The van der Waals surface area contributed by atoms with E-state index in [1.54, 1.807) is 29.1 Å². The molecule has 6 nitrogen and oxygen atoms in total. The SMILES string of the molecule is CCn1cc(Nc2ccc(N)c(C(N)=O)c2)cn1. The van der Waals surface area contributed by atoms with E-state index >= 15 is 0 Å². The molecule has 6 heteroatoms. The van der Waals surface area contributed by atoms with Gasteiger partial charge in [-0.3, -0.25) is 9.48 Å². The second kappa shape index (κ2) is 4.79. The van der Waals surface area contributed by atoms with Gasteiger partial charge in [0, 0.05) is 24.1 Å². The molecule has 0 aliphatic heterocycles. The molecule has 1 aromatic carbocycles. The van der Waals surface area contributed by atoms with Crippen LogP contribution in [0, 0.1) is 0 Å². The zero-order chi connectivity index (χ0) is 13.1. The minimum Gasteiger partial charge on any atom is -0.398 e. The normalized spacial score (nSPS) is 10.3. The van der Waals surface area contributed by atoms with Crippen LogP contribution in [0.4, 0.5) is 17.1 Å². The number of nitrogens with two attached hydrogens (primary N) is 2. The summed E-state index contributed by atoms with van der Waals surface area (Å²) in [5, 5.41) is 7.28. The molecule has 0 unspecified atom stereocenters. The molecule has 2 rings (SSSR count). The first-order valence-corrected chi connectivity index (χ1v) is 5.59. The predicted octanol–water partition coefficient (Wildman–Crippen LogP) is 1.33. The maximum absolute atomic E-state index is 11.2. The van der Waals surface area contributed by atoms with Gasteiger partial charge in [-0.15, -0.1) is 0 Å². The number of nitrogens with zero attached hydrogens (tertiary/aromatic N) is 2. The fourth-order valence-corrected chi connectivity index (χ4v) is 1.62. The van der Waals surface area contributed by atoms with Crippen molar-refractivity contribution in [1.29, 1.82) is 0 Å². The minimum atomic E-state index is -0.541. The first kappa shape index (κ1) is 12.0. The van der Waals surface area contributed by atoms with Crippen molar-refractivity contribution in [3.8, 4) is 0 Å². The van der Waals surface area contributed by atoms with E-state index < -0.39 is 5.91 Å². The summed E-state index contributed by atoms with van der Waals surface area (Å²) in [6.07, 6.45) is 3.59. The molecule has 94 valence electrons. The van der Waals surface area contributed by atoms with Crippen molar-refractivity contribution in [2.75, 3.05) is 11.1 Å². The van der Waals surface area contributed by atoms with E-state index in [4.69, 9.17) is 11.5 Å². The lowest BCUT2D eigenvalue weighted by Gasteiger charge is -2.07. The van der Waals surface area contributed by atoms with Gasteiger partial charge in [-0.05, 0) is 25.1 Å². The summed E-state index contributed by atoms with van der Waals surface area (Å²) < 4.78 is 1.80. The number of rotatable bonds is 4. The summed E-state index contributed by atoms with van der Waals surface area (Å²) in [7, 11) is 0. The van der Waals surface area contributed by atoms with Gasteiger partial charge in [0.2, 0.25) is 0 Å². The molecule has 1 amide bonds. The second-order valence-corrected chi connectivity index (χ2v) is 3.88. The molecule has 1 heterocycles. The zero-order valence-electron chi connectivity index (χ0n) is 10.1. The van der Waals surface area contributed by atoms with E-state index in [1.165, 1.54) is 0 Å².